The van der Waals surface area contributed by atoms with Crippen LogP contribution in [0.5, 0.6) is 0 Å². The Balaban J connectivity index is 2.23. The van der Waals surface area contributed by atoms with Crippen LogP contribution >= 0.6 is 23.1 Å². The van der Waals surface area contributed by atoms with Crippen molar-refractivity contribution in [1.82, 2.24) is 4.98 Å². The van der Waals surface area contributed by atoms with Gasteiger partial charge >= 0.3 is 0 Å². The average Bonchev–Trinajstić information content (AvgIpc) is 2.88. The third kappa shape index (κ3) is 2.97. The van der Waals surface area contributed by atoms with Crippen LogP contribution < -0.4 is 11.1 Å². The number of hydrogen-bond acceptors (Lipinski definition) is 5. The molecule has 3 N–H and O–H groups in total. The van der Waals surface area contributed by atoms with Gasteiger partial charge in [-0.1, -0.05) is 25.6 Å². The predicted molar refractivity (Wildman–Crippen MR) is 87.5 cm³/mol. The molecule has 1 heterocycles. The SMILES string of the molecule is CCC(N)(CC)C(=O)Nc1ccc2nc(SC)sc2c1. The first-order valence-electron chi connectivity index (χ1n) is 6.57. The molecule has 0 radical (unpaired) electrons. The normalized spacial score (nSPS) is 11.8. The molecule has 0 aliphatic heterocycles. The zero-order chi connectivity index (χ0) is 14.8. The lowest BCUT2D eigenvalue weighted by molar-refractivity contribution is -0.121. The molecule has 108 valence electrons. The predicted octanol–water partition coefficient (Wildman–Crippen LogP) is 3.47. The minimum atomic E-state index is -0.799. The van der Waals surface area contributed by atoms with E-state index in [9.17, 15) is 4.79 Å². The Morgan fingerprint density at radius 3 is 2.75 bits per heavy atom. The molecule has 0 spiro atoms. The van der Waals surface area contributed by atoms with E-state index in [-0.39, 0.29) is 5.91 Å². The lowest BCUT2D eigenvalue weighted by Crippen LogP contribution is -2.50. The Hall–Kier alpha value is -1.11. The first-order valence-corrected chi connectivity index (χ1v) is 8.61. The Morgan fingerprint density at radius 1 is 1.45 bits per heavy atom. The third-order valence-electron chi connectivity index (χ3n) is 3.52. The Kier molecular flexibility index (Phi) is 4.67. The minimum absolute atomic E-state index is 0.128. The van der Waals surface area contributed by atoms with Gasteiger partial charge in [-0.05, 0) is 37.3 Å². The van der Waals surface area contributed by atoms with Crippen molar-refractivity contribution in [3.63, 3.8) is 0 Å². The summed E-state index contributed by atoms with van der Waals surface area (Å²) in [5.41, 5.74) is 7.04. The summed E-state index contributed by atoms with van der Waals surface area (Å²) in [5.74, 6) is -0.128. The van der Waals surface area contributed by atoms with Crippen LogP contribution in [0.3, 0.4) is 0 Å². The van der Waals surface area contributed by atoms with E-state index < -0.39 is 5.54 Å². The summed E-state index contributed by atoms with van der Waals surface area (Å²) in [6.07, 6.45) is 3.25. The number of amides is 1. The number of carbonyl (C=O) groups excluding carboxylic acids is 1. The molecule has 0 saturated carbocycles. The second-order valence-electron chi connectivity index (χ2n) is 4.68. The number of nitrogens with one attached hydrogen (secondary N) is 1. The molecule has 20 heavy (non-hydrogen) atoms. The summed E-state index contributed by atoms with van der Waals surface area (Å²) in [6, 6.07) is 5.75. The highest BCUT2D eigenvalue weighted by Crippen LogP contribution is 2.30. The van der Waals surface area contributed by atoms with E-state index in [1.165, 1.54) is 0 Å². The maximum Gasteiger partial charge on any atom is 0.244 e. The Morgan fingerprint density at radius 2 is 2.15 bits per heavy atom. The van der Waals surface area contributed by atoms with Crippen molar-refractivity contribution in [1.29, 1.82) is 0 Å². The van der Waals surface area contributed by atoms with Gasteiger partial charge in [0.05, 0.1) is 15.8 Å². The zero-order valence-corrected chi connectivity index (χ0v) is 13.5. The number of rotatable bonds is 5. The number of nitrogens with two attached hydrogens (primary N) is 1. The average molecular weight is 309 g/mol. The number of benzene rings is 1. The minimum Gasteiger partial charge on any atom is -0.324 e. The van der Waals surface area contributed by atoms with E-state index in [0.717, 1.165) is 20.2 Å². The van der Waals surface area contributed by atoms with E-state index in [2.05, 4.69) is 10.3 Å². The molecule has 0 atom stereocenters. The molecule has 0 fully saturated rings. The summed E-state index contributed by atoms with van der Waals surface area (Å²) in [7, 11) is 0. The van der Waals surface area contributed by atoms with Crippen molar-refractivity contribution in [3.05, 3.63) is 18.2 Å². The molecule has 1 aromatic heterocycles. The van der Waals surface area contributed by atoms with Crippen LogP contribution in [0.15, 0.2) is 22.5 Å². The maximum atomic E-state index is 12.2. The number of anilines is 1. The van der Waals surface area contributed by atoms with E-state index in [1.807, 2.05) is 38.3 Å². The van der Waals surface area contributed by atoms with Crippen LogP contribution in [0, 0.1) is 0 Å². The standard InChI is InChI=1S/C14H19N3OS2/c1-4-14(15,5-2)12(18)16-9-6-7-10-11(8-9)20-13(17-10)19-3/h6-8H,4-5,15H2,1-3H3,(H,16,18). The van der Waals surface area contributed by atoms with Crippen LogP contribution in [0.2, 0.25) is 0 Å². The molecule has 2 aromatic rings. The van der Waals surface area contributed by atoms with Gasteiger partial charge in [0.1, 0.15) is 0 Å². The van der Waals surface area contributed by atoms with Gasteiger partial charge in [-0.15, -0.1) is 11.3 Å². The second-order valence-corrected chi connectivity index (χ2v) is 6.77. The van der Waals surface area contributed by atoms with E-state index in [0.29, 0.717) is 12.8 Å². The highest BCUT2D eigenvalue weighted by Gasteiger charge is 2.29. The molecule has 0 aliphatic carbocycles. The summed E-state index contributed by atoms with van der Waals surface area (Å²) in [4.78, 5) is 16.7. The highest BCUT2D eigenvalue weighted by molar-refractivity contribution is 8.00. The zero-order valence-electron chi connectivity index (χ0n) is 11.9. The molecule has 0 saturated heterocycles. The molecule has 0 aliphatic rings. The third-order valence-corrected chi connectivity index (χ3v) is 5.52. The van der Waals surface area contributed by atoms with Crippen molar-refractivity contribution in [2.45, 2.75) is 36.6 Å². The molecule has 0 bridgehead atoms. The fourth-order valence-electron chi connectivity index (χ4n) is 1.90. The van der Waals surface area contributed by atoms with Gasteiger partial charge in [-0.2, -0.15) is 0 Å². The number of carbonyl (C=O) groups is 1. The van der Waals surface area contributed by atoms with Gasteiger partial charge < -0.3 is 11.1 Å². The largest absolute Gasteiger partial charge is 0.324 e. The number of hydrogen-bond donors (Lipinski definition) is 2. The molecular weight excluding hydrogens is 290 g/mol. The number of nitrogens with zero attached hydrogens (tertiary/aromatic N) is 1. The topological polar surface area (TPSA) is 68.0 Å². The molecule has 1 amide bonds. The summed E-state index contributed by atoms with van der Waals surface area (Å²) in [6.45, 7) is 3.86. The van der Waals surface area contributed by atoms with E-state index in [1.54, 1.807) is 23.1 Å². The highest BCUT2D eigenvalue weighted by atomic mass is 32.2. The van der Waals surface area contributed by atoms with Crippen LogP contribution in [-0.2, 0) is 4.79 Å². The van der Waals surface area contributed by atoms with Gasteiger partial charge in [0, 0.05) is 5.69 Å². The van der Waals surface area contributed by atoms with Crippen molar-refractivity contribution < 1.29 is 4.79 Å². The quantitative estimate of drug-likeness (QED) is 0.830. The molecule has 1 aromatic carbocycles. The first-order chi connectivity index (χ1) is 9.52. The lowest BCUT2D eigenvalue weighted by atomic mass is 9.93. The molecule has 2 rings (SSSR count). The summed E-state index contributed by atoms with van der Waals surface area (Å²) >= 11 is 3.25. The number of aromatic nitrogens is 1. The molecule has 4 nitrogen and oxygen atoms in total. The van der Waals surface area contributed by atoms with Crippen LogP contribution in [-0.4, -0.2) is 22.7 Å². The second kappa shape index (κ2) is 6.11. The van der Waals surface area contributed by atoms with Crippen molar-refractivity contribution in [3.8, 4) is 0 Å². The van der Waals surface area contributed by atoms with Crippen molar-refractivity contribution in [2.24, 2.45) is 5.73 Å². The molecular formula is C14H19N3OS2. The maximum absolute atomic E-state index is 12.2. The Labute approximate surface area is 127 Å². The molecule has 6 heteroatoms. The van der Waals surface area contributed by atoms with Gasteiger partial charge in [0.25, 0.3) is 0 Å². The first kappa shape index (κ1) is 15.3. The smallest absolute Gasteiger partial charge is 0.244 e. The Bertz CT molecular complexity index is 620. The molecule has 0 unspecified atom stereocenters. The van der Waals surface area contributed by atoms with Crippen LogP contribution in [0.25, 0.3) is 10.2 Å². The number of thiazole rings is 1. The van der Waals surface area contributed by atoms with Gasteiger partial charge in [0.15, 0.2) is 4.34 Å². The monoisotopic (exact) mass is 309 g/mol. The van der Waals surface area contributed by atoms with Gasteiger partial charge in [-0.3, -0.25) is 4.79 Å². The van der Waals surface area contributed by atoms with Gasteiger partial charge in [-0.25, -0.2) is 4.98 Å². The lowest BCUT2D eigenvalue weighted by Gasteiger charge is -2.25. The fourth-order valence-corrected chi connectivity index (χ4v) is 3.42. The number of fused-ring (bicyclic) bond motifs is 1. The summed E-state index contributed by atoms with van der Waals surface area (Å²) < 4.78 is 2.10. The van der Waals surface area contributed by atoms with Crippen molar-refractivity contribution in [2.75, 3.05) is 11.6 Å². The van der Waals surface area contributed by atoms with E-state index in [4.69, 9.17) is 5.73 Å². The van der Waals surface area contributed by atoms with Crippen molar-refractivity contribution >= 4 is 44.9 Å². The fraction of sp³-hybridized carbons (Fsp3) is 0.429. The van der Waals surface area contributed by atoms with E-state index >= 15 is 0 Å². The number of thioether (sulfide) groups is 1. The summed E-state index contributed by atoms with van der Waals surface area (Å²) in [5, 5.41) is 2.91. The van der Waals surface area contributed by atoms with Gasteiger partial charge in [0.2, 0.25) is 5.91 Å². The van der Waals surface area contributed by atoms with Crippen LogP contribution in [0.4, 0.5) is 5.69 Å². The van der Waals surface area contributed by atoms with Crippen LogP contribution in [0.1, 0.15) is 26.7 Å².